The van der Waals surface area contributed by atoms with E-state index in [1.54, 1.807) is 0 Å². The van der Waals surface area contributed by atoms with Gasteiger partial charge in [0.15, 0.2) is 0 Å². The van der Waals surface area contributed by atoms with Crippen LogP contribution in [-0.2, 0) is 16.6 Å². The number of rotatable bonds is 7. The summed E-state index contributed by atoms with van der Waals surface area (Å²) in [4.78, 5) is 13.6. The smallest absolute Gasteiger partial charge is 0.235 e. The summed E-state index contributed by atoms with van der Waals surface area (Å²) in [7, 11) is 0. The number of hydrogen-bond donors (Lipinski definition) is 1. The highest BCUT2D eigenvalue weighted by Crippen LogP contribution is 2.51. The highest BCUT2D eigenvalue weighted by atomic mass is 16.2. The number of hydrogen-bond acceptors (Lipinski definition) is 1. The molecule has 2 nitrogen and oxygen atoms in total. The van der Waals surface area contributed by atoms with Crippen LogP contribution in [0.3, 0.4) is 0 Å². The van der Waals surface area contributed by atoms with Crippen LogP contribution in [0.15, 0.2) is 78.9 Å². The Bertz CT molecular complexity index is 915. The molecule has 3 aromatic carbocycles. The van der Waals surface area contributed by atoms with E-state index >= 15 is 0 Å². The molecule has 0 saturated carbocycles. The second kappa shape index (κ2) is 8.02. The Morgan fingerprint density at radius 3 is 2.00 bits per heavy atom. The van der Waals surface area contributed by atoms with E-state index in [1.807, 2.05) is 6.07 Å². The Hall–Kier alpha value is -2.87. The SMILES string of the molecule is CCCC1(C(=O)NCCCc2ccccc2)c2ccccc2-c2ccccc21. The molecule has 0 radical (unpaired) electrons. The van der Waals surface area contributed by atoms with E-state index in [9.17, 15) is 4.79 Å². The summed E-state index contributed by atoms with van der Waals surface area (Å²) >= 11 is 0. The van der Waals surface area contributed by atoms with Crippen LogP contribution in [-0.4, -0.2) is 12.5 Å². The lowest BCUT2D eigenvalue weighted by atomic mass is 9.74. The molecule has 28 heavy (non-hydrogen) atoms. The normalized spacial score (nSPS) is 13.6. The molecule has 1 amide bonds. The number of benzene rings is 3. The quantitative estimate of drug-likeness (QED) is 0.547. The zero-order chi connectivity index (χ0) is 19.4. The average Bonchev–Trinajstić information content (AvgIpc) is 3.03. The summed E-state index contributed by atoms with van der Waals surface area (Å²) in [6.45, 7) is 2.86. The van der Waals surface area contributed by atoms with Gasteiger partial charge in [-0.15, -0.1) is 0 Å². The maximum Gasteiger partial charge on any atom is 0.235 e. The molecule has 1 aliphatic rings. The fourth-order valence-electron chi connectivity index (χ4n) is 4.62. The molecule has 0 aromatic heterocycles. The molecule has 142 valence electrons. The van der Waals surface area contributed by atoms with E-state index in [0.717, 1.165) is 36.8 Å². The van der Waals surface area contributed by atoms with Crippen molar-refractivity contribution in [2.45, 2.75) is 38.0 Å². The van der Waals surface area contributed by atoms with Crippen LogP contribution in [0.4, 0.5) is 0 Å². The van der Waals surface area contributed by atoms with Gasteiger partial charge in [-0.2, -0.15) is 0 Å². The molecule has 0 saturated heterocycles. The molecule has 0 atom stereocenters. The van der Waals surface area contributed by atoms with Crippen molar-refractivity contribution in [2.75, 3.05) is 6.54 Å². The Morgan fingerprint density at radius 2 is 1.39 bits per heavy atom. The van der Waals surface area contributed by atoms with E-state index in [0.29, 0.717) is 6.54 Å². The third-order valence-electron chi connectivity index (χ3n) is 5.85. The maximum absolute atomic E-state index is 13.6. The zero-order valence-electron chi connectivity index (χ0n) is 16.4. The predicted octanol–water partition coefficient (Wildman–Crippen LogP) is 5.50. The van der Waals surface area contributed by atoms with Gasteiger partial charge < -0.3 is 5.32 Å². The summed E-state index contributed by atoms with van der Waals surface area (Å²) < 4.78 is 0. The van der Waals surface area contributed by atoms with Gasteiger partial charge in [-0.1, -0.05) is 92.2 Å². The topological polar surface area (TPSA) is 29.1 Å². The molecule has 1 aliphatic carbocycles. The minimum atomic E-state index is -0.575. The first-order valence-electron chi connectivity index (χ1n) is 10.3. The van der Waals surface area contributed by atoms with Crippen molar-refractivity contribution in [1.29, 1.82) is 0 Å². The molecule has 2 heteroatoms. The molecule has 0 heterocycles. The molecule has 0 spiro atoms. The second-order valence-corrected chi connectivity index (χ2v) is 7.59. The molecule has 4 rings (SSSR count). The van der Waals surface area contributed by atoms with Crippen LogP contribution >= 0.6 is 0 Å². The Labute approximate surface area is 167 Å². The van der Waals surface area contributed by atoms with Crippen molar-refractivity contribution < 1.29 is 4.79 Å². The van der Waals surface area contributed by atoms with Crippen LogP contribution < -0.4 is 5.32 Å². The number of carbonyl (C=O) groups is 1. The van der Waals surface area contributed by atoms with Gasteiger partial charge in [0, 0.05) is 6.54 Å². The summed E-state index contributed by atoms with van der Waals surface area (Å²) in [6.07, 6.45) is 3.71. The molecule has 1 N–H and O–H groups in total. The minimum absolute atomic E-state index is 0.139. The molecule has 0 fully saturated rings. The predicted molar refractivity (Wildman–Crippen MR) is 115 cm³/mol. The lowest BCUT2D eigenvalue weighted by Gasteiger charge is -2.30. The lowest BCUT2D eigenvalue weighted by Crippen LogP contribution is -2.44. The number of carbonyl (C=O) groups excluding carboxylic acids is 1. The summed E-state index contributed by atoms with van der Waals surface area (Å²) in [6, 6.07) is 27.3. The third kappa shape index (κ3) is 3.13. The van der Waals surface area contributed by atoms with Crippen molar-refractivity contribution in [1.82, 2.24) is 5.32 Å². The van der Waals surface area contributed by atoms with E-state index in [1.165, 1.54) is 16.7 Å². The third-order valence-corrected chi connectivity index (χ3v) is 5.85. The number of amides is 1. The van der Waals surface area contributed by atoms with Crippen molar-refractivity contribution in [3.8, 4) is 11.1 Å². The van der Waals surface area contributed by atoms with E-state index in [4.69, 9.17) is 0 Å². The van der Waals surface area contributed by atoms with Gasteiger partial charge >= 0.3 is 0 Å². The monoisotopic (exact) mass is 369 g/mol. The van der Waals surface area contributed by atoms with Crippen molar-refractivity contribution >= 4 is 5.91 Å². The standard InChI is InChI=1S/C26H27NO/c1-2-18-26(25(28)27-19-10-13-20-11-4-3-5-12-20)23-16-8-6-14-21(23)22-15-7-9-17-24(22)26/h3-9,11-12,14-17H,2,10,13,18-19H2,1H3,(H,27,28). The fourth-order valence-corrected chi connectivity index (χ4v) is 4.62. The van der Waals surface area contributed by atoms with E-state index in [-0.39, 0.29) is 5.91 Å². The highest BCUT2D eigenvalue weighted by Gasteiger charge is 2.47. The van der Waals surface area contributed by atoms with Gasteiger partial charge in [-0.3, -0.25) is 4.79 Å². The van der Waals surface area contributed by atoms with Crippen LogP contribution in [0.2, 0.25) is 0 Å². The second-order valence-electron chi connectivity index (χ2n) is 7.59. The summed E-state index contributed by atoms with van der Waals surface area (Å²) in [5.74, 6) is 0.139. The highest BCUT2D eigenvalue weighted by molar-refractivity contribution is 6.00. The lowest BCUT2D eigenvalue weighted by molar-refractivity contribution is -0.125. The first-order valence-corrected chi connectivity index (χ1v) is 10.3. The van der Waals surface area contributed by atoms with Gasteiger partial charge in [0.25, 0.3) is 0 Å². The Balaban J connectivity index is 1.58. The average molecular weight is 370 g/mol. The van der Waals surface area contributed by atoms with Gasteiger partial charge in [0.2, 0.25) is 5.91 Å². The van der Waals surface area contributed by atoms with Gasteiger partial charge in [0.05, 0.1) is 0 Å². The minimum Gasteiger partial charge on any atom is -0.355 e. The van der Waals surface area contributed by atoms with Gasteiger partial charge in [-0.05, 0) is 47.1 Å². The van der Waals surface area contributed by atoms with Crippen LogP contribution in [0, 0.1) is 0 Å². The molecule has 0 bridgehead atoms. The Kier molecular flexibility index (Phi) is 5.29. The molecular weight excluding hydrogens is 342 g/mol. The van der Waals surface area contributed by atoms with Crippen LogP contribution in [0.1, 0.15) is 42.9 Å². The van der Waals surface area contributed by atoms with Crippen molar-refractivity contribution in [3.63, 3.8) is 0 Å². The number of fused-ring (bicyclic) bond motifs is 3. The van der Waals surface area contributed by atoms with Crippen molar-refractivity contribution in [3.05, 3.63) is 95.6 Å². The maximum atomic E-state index is 13.6. The first-order chi connectivity index (χ1) is 13.8. The largest absolute Gasteiger partial charge is 0.355 e. The molecule has 3 aromatic rings. The summed E-state index contributed by atoms with van der Waals surface area (Å²) in [5, 5.41) is 3.26. The molecule has 0 aliphatic heterocycles. The molecular formula is C26H27NO. The van der Waals surface area contributed by atoms with E-state index < -0.39 is 5.41 Å². The summed E-state index contributed by atoms with van der Waals surface area (Å²) in [5.41, 5.74) is 5.44. The molecule has 0 unspecified atom stereocenters. The van der Waals surface area contributed by atoms with Crippen molar-refractivity contribution in [2.24, 2.45) is 0 Å². The van der Waals surface area contributed by atoms with Gasteiger partial charge in [0.1, 0.15) is 5.41 Å². The van der Waals surface area contributed by atoms with Crippen LogP contribution in [0.5, 0.6) is 0 Å². The number of nitrogens with one attached hydrogen (secondary N) is 1. The van der Waals surface area contributed by atoms with E-state index in [2.05, 4.69) is 85.0 Å². The van der Waals surface area contributed by atoms with Crippen LogP contribution in [0.25, 0.3) is 11.1 Å². The fraction of sp³-hybridized carbons (Fsp3) is 0.269. The first kappa shape index (κ1) is 18.5. The Morgan fingerprint density at radius 1 is 0.821 bits per heavy atom. The zero-order valence-corrected chi connectivity index (χ0v) is 16.4. The van der Waals surface area contributed by atoms with Gasteiger partial charge in [-0.25, -0.2) is 0 Å². The number of aryl methyl sites for hydroxylation is 1.